The van der Waals surface area contributed by atoms with Crippen LogP contribution < -0.4 is 5.32 Å². The summed E-state index contributed by atoms with van der Waals surface area (Å²) < 4.78 is 19.1. The summed E-state index contributed by atoms with van der Waals surface area (Å²) in [4.78, 5) is 12.2. The fourth-order valence-electron chi connectivity index (χ4n) is 3.35. The fraction of sp³-hybridized carbons (Fsp3) is 0.167. The maximum Gasteiger partial charge on any atom is 0.226 e. The smallest absolute Gasteiger partial charge is 0.226 e. The van der Waals surface area contributed by atoms with Crippen LogP contribution in [0.15, 0.2) is 77.3 Å². The van der Waals surface area contributed by atoms with E-state index in [1.54, 1.807) is 12.1 Å². The number of nitrogens with zero attached hydrogens (tertiary/aromatic N) is 1. The predicted molar refractivity (Wildman–Crippen MR) is 111 cm³/mol. The van der Waals surface area contributed by atoms with E-state index in [0.29, 0.717) is 23.4 Å². The van der Waals surface area contributed by atoms with E-state index in [1.807, 2.05) is 54.6 Å². The molecule has 0 spiro atoms. The maximum absolute atomic E-state index is 13.9. The third-order valence-electron chi connectivity index (χ3n) is 4.88. The minimum Gasteiger partial charge on any atom is -0.356 e. The molecule has 0 aliphatic heterocycles. The monoisotopic (exact) mass is 388 g/mol. The second kappa shape index (κ2) is 8.69. The Bertz CT molecular complexity index is 1120. The molecule has 0 saturated heterocycles. The number of benzene rings is 3. The van der Waals surface area contributed by atoms with Crippen LogP contribution in [-0.2, 0) is 17.6 Å². The van der Waals surface area contributed by atoms with Gasteiger partial charge in [0.15, 0.2) is 5.58 Å². The predicted octanol–water partition coefficient (Wildman–Crippen LogP) is 4.93. The third kappa shape index (κ3) is 4.51. The van der Waals surface area contributed by atoms with Gasteiger partial charge in [-0.25, -0.2) is 4.39 Å². The SMILES string of the molecule is O=C(Cc1noc2ccccc12)NCCCc1ccc(-c2ccccc2F)cc1. The summed E-state index contributed by atoms with van der Waals surface area (Å²) in [5, 5.41) is 7.79. The average molecular weight is 388 g/mol. The standard InChI is InChI=1S/C24H21FN2O2/c25-21-9-3-1-7-19(21)18-13-11-17(12-14-18)6-5-15-26-24(28)16-22-20-8-2-4-10-23(20)29-27-22/h1-4,7-14H,5-6,15-16H2,(H,26,28). The van der Waals surface area contributed by atoms with Gasteiger partial charge in [0, 0.05) is 17.5 Å². The maximum atomic E-state index is 13.9. The van der Waals surface area contributed by atoms with E-state index in [1.165, 1.54) is 6.07 Å². The van der Waals surface area contributed by atoms with Crippen LogP contribution in [0.25, 0.3) is 22.1 Å². The molecule has 0 bridgehead atoms. The van der Waals surface area contributed by atoms with Crippen LogP contribution in [0.1, 0.15) is 17.7 Å². The Balaban J connectivity index is 1.25. The molecular formula is C24H21FN2O2. The summed E-state index contributed by atoms with van der Waals surface area (Å²) >= 11 is 0. The summed E-state index contributed by atoms with van der Waals surface area (Å²) in [6.45, 7) is 0.587. The van der Waals surface area contributed by atoms with Crippen molar-refractivity contribution in [1.82, 2.24) is 10.5 Å². The first-order chi connectivity index (χ1) is 14.2. The van der Waals surface area contributed by atoms with Gasteiger partial charge in [0.05, 0.1) is 6.42 Å². The molecule has 0 atom stereocenters. The van der Waals surface area contributed by atoms with Gasteiger partial charge in [-0.05, 0) is 42.2 Å². The number of fused-ring (bicyclic) bond motifs is 1. The van der Waals surface area contributed by atoms with Crippen molar-refractivity contribution in [3.63, 3.8) is 0 Å². The first-order valence-corrected chi connectivity index (χ1v) is 9.64. The van der Waals surface area contributed by atoms with E-state index in [-0.39, 0.29) is 18.1 Å². The lowest BCUT2D eigenvalue weighted by Gasteiger charge is -2.07. The molecule has 1 heterocycles. The van der Waals surface area contributed by atoms with Crippen molar-refractivity contribution in [2.45, 2.75) is 19.3 Å². The van der Waals surface area contributed by atoms with Crippen molar-refractivity contribution in [1.29, 1.82) is 0 Å². The molecule has 5 heteroatoms. The highest BCUT2D eigenvalue weighted by Gasteiger charge is 2.11. The van der Waals surface area contributed by atoms with Crippen molar-refractivity contribution in [3.05, 3.63) is 89.9 Å². The van der Waals surface area contributed by atoms with Gasteiger partial charge < -0.3 is 9.84 Å². The molecule has 4 aromatic rings. The molecule has 3 aromatic carbocycles. The Kier molecular flexibility index (Phi) is 5.66. The molecule has 1 aromatic heterocycles. The Morgan fingerprint density at radius 2 is 1.72 bits per heavy atom. The molecule has 4 rings (SSSR count). The first kappa shape index (κ1) is 18.9. The van der Waals surface area contributed by atoms with Gasteiger partial charge in [-0.2, -0.15) is 0 Å². The first-order valence-electron chi connectivity index (χ1n) is 9.64. The van der Waals surface area contributed by atoms with Crippen molar-refractivity contribution >= 4 is 16.9 Å². The molecule has 0 aliphatic carbocycles. The van der Waals surface area contributed by atoms with Crippen LogP contribution in [0.4, 0.5) is 4.39 Å². The van der Waals surface area contributed by atoms with Gasteiger partial charge in [-0.3, -0.25) is 4.79 Å². The molecule has 0 radical (unpaired) electrons. The second-order valence-electron chi connectivity index (χ2n) is 6.93. The van der Waals surface area contributed by atoms with E-state index >= 15 is 0 Å². The highest BCUT2D eigenvalue weighted by atomic mass is 19.1. The molecule has 1 N–H and O–H groups in total. The lowest BCUT2D eigenvalue weighted by Crippen LogP contribution is -2.26. The van der Waals surface area contributed by atoms with E-state index in [4.69, 9.17) is 4.52 Å². The summed E-state index contributed by atoms with van der Waals surface area (Å²) in [6, 6.07) is 22.1. The number of nitrogens with one attached hydrogen (secondary N) is 1. The molecule has 0 saturated carbocycles. The largest absolute Gasteiger partial charge is 0.356 e. The van der Waals surface area contributed by atoms with Crippen LogP contribution in [0.3, 0.4) is 0 Å². The molecule has 0 aliphatic rings. The van der Waals surface area contributed by atoms with Gasteiger partial charge in [0.1, 0.15) is 11.5 Å². The van der Waals surface area contributed by atoms with Gasteiger partial charge in [-0.1, -0.05) is 59.8 Å². The van der Waals surface area contributed by atoms with Crippen LogP contribution in [0, 0.1) is 5.82 Å². The van der Waals surface area contributed by atoms with Crippen molar-refractivity contribution in [2.24, 2.45) is 0 Å². The van der Waals surface area contributed by atoms with Crippen LogP contribution in [0.2, 0.25) is 0 Å². The topological polar surface area (TPSA) is 55.1 Å². The zero-order valence-electron chi connectivity index (χ0n) is 15.9. The number of aromatic nitrogens is 1. The Hall–Kier alpha value is -3.47. The van der Waals surface area contributed by atoms with Crippen LogP contribution in [0.5, 0.6) is 0 Å². The summed E-state index contributed by atoms with van der Waals surface area (Å²) in [6.07, 6.45) is 1.86. The quantitative estimate of drug-likeness (QED) is 0.457. The zero-order chi connectivity index (χ0) is 20.1. The number of amides is 1. The zero-order valence-corrected chi connectivity index (χ0v) is 15.9. The molecule has 4 nitrogen and oxygen atoms in total. The fourth-order valence-corrected chi connectivity index (χ4v) is 3.35. The van der Waals surface area contributed by atoms with Crippen molar-refractivity contribution < 1.29 is 13.7 Å². The number of para-hydroxylation sites is 1. The van der Waals surface area contributed by atoms with Gasteiger partial charge >= 0.3 is 0 Å². The number of aryl methyl sites for hydroxylation is 1. The highest BCUT2D eigenvalue weighted by Crippen LogP contribution is 2.23. The van der Waals surface area contributed by atoms with Crippen molar-refractivity contribution in [2.75, 3.05) is 6.54 Å². The Morgan fingerprint density at radius 1 is 0.966 bits per heavy atom. The number of carbonyl (C=O) groups is 1. The summed E-state index contributed by atoms with van der Waals surface area (Å²) in [5.74, 6) is -0.290. The lowest BCUT2D eigenvalue weighted by molar-refractivity contribution is -0.120. The normalized spacial score (nSPS) is 10.9. The molecule has 0 fully saturated rings. The van der Waals surface area contributed by atoms with Gasteiger partial charge in [0.2, 0.25) is 5.91 Å². The Labute approximate surface area is 168 Å². The van der Waals surface area contributed by atoms with E-state index in [0.717, 1.165) is 29.4 Å². The number of halogens is 1. The third-order valence-corrected chi connectivity index (χ3v) is 4.88. The Morgan fingerprint density at radius 3 is 2.55 bits per heavy atom. The van der Waals surface area contributed by atoms with Crippen LogP contribution in [-0.4, -0.2) is 17.6 Å². The molecule has 1 amide bonds. The lowest BCUT2D eigenvalue weighted by atomic mass is 10.0. The van der Waals surface area contributed by atoms with Gasteiger partial charge in [0.25, 0.3) is 0 Å². The van der Waals surface area contributed by atoms with E-state index in [9.17, 15) is 9.18 Å². The minimum absolute atomic E-state index is 0.0704. The molecule has 146 valence electrons. The van der Waals surface area contributed by atoms with E-state index < -0.39 is 0 Å². The molecule has 0 unspecified atom stereocenters. The number of hydrogen-bond donors (Lipinski definition) is 1. The van der Waals surface area contributed by atoms with Gasteiger partial charge in [-0.15, -0.1) is 0 Å². The van der Waals surface area contributed by atoms with Crippen molar-refractivity contribution in [3.8, 4) is 11.1 Å². The minimum atomic E-state index is -0.220. The molecule has 29 heavy (non-hydrogen) atoms. The van der Waals surface area contributed by atoms with E-state index in [2.05, 4.69) is 10.5 Å². The highest BCUT2D eigenvalue weighted by molar-refractivity contribution is 5.86. The summed E-state index contributed by atoms with van der Waals surface area (Å²) in [5.41, 5.74) is 3.96. The number of hydrogen-bond acceptors (Lipinski definition) is 3. The average Bonchev–Trinajstić information content (AvgIpc) is 3.15. The summed E-state index contributed by atoms with van der Waals surface area (Å²) in [7, 11) is 0. The second-order valence-corrected chi connectivity index (χ2v) is 6.93. The number of rotatable bonds is 7. The number of carbonyl (C=O) groups excluding carboxylic acids is 1. The molecular weight excluding hydrogens is 367 g/mol. The van der Waals surface area contributed by atoms with Crippen LogP contribution >= 0.6 is 0 Å².